The molecule has 4 heterocycles. The van der Waals surface area contributed by atoms with Crippen molar-refractivity contribution in [2.24, 2.45) is 4.99 Å². The van der Waals surface area contributed by atoms with Crippen molar-refractivity contribution in [3.63, 3.8) is 0 Å². The summed E-state index contributed by atoms with van der Waals surface area (Å²) in [7, 11) is 0. The maximum Gasteiger partial charge on any atom is 0.335 e. The summed E-state index contributed by atoms with van der Waals surface area (Å²) in [5, 5.41) is 26.5. The van der Waals surface area contributed by atoms with Gasteiger partial charge in [-0.25, -0.2) is 19.1 Å². The van der Waals surface area contributed by atoms with Gasteiger partial charge < -0.3 is 0 Å². The number of aromatic nitrogens is 10. The lowest BCUT2D eigenvalue weighted by molar-refractivity contribution is 0.434. The van der Waals surface area contributed by atoms with Crippen molar-refractivity contribution in [3.05, 3.63) is 64.5 Å². The van der Waals surface area contributed by atoms with Gasteiger partial charge in [-0.3, -0.25) is 9.56 Å². The maximum atomic E-state index is 13.9. The minimum Gasteiger partial charge on any atom is -0.295 e. The molecule has 0 saturated carbocycles. The highest BCUT2D eigenvalue weighted by atomic mass is 16.2. The van der Waals surface area contributed by atoms with E-state index in [0.29, 0.717) is 24.7 Å². The molecule has 3 aromatic heterocycles. The number of rotatable bonds is 9. The van der Waals surface area contributed by atoms with Crippen LogP contribution in [-0.4, -0.2) is 56.2 Å². The Kier molecular flexibility index (Phi) is 6.40. The van der Waals surface area contributed by atoms with Crippen LogP contribution in [0.25, 0.3) is 17.3 Å². The zero-order chi connectivity index (χ0) is 25.1. The summed E-state index contributed by atoms with van der Waals surface area (Å²) in [6.07, 6.45) is 10.8. The number of hydrogen-bond acceptors (Lipinski definition) is 8. The number of nitrogens with zero attached hydrogens (tertiary/aromatic N) is 10. The summed E-state index contributed by atoms with van der Waals surface area (Å²) >= 11 is 0. The molecule has 0 bridgehead atoms. The van der Waals surface area contributed by atoms with Gasteiger partial charge in [-0.2, -0.15) is 0 Å². The van der Waals surface area contributed by atoms with Crippen LogP contribution in [-0.2, 0) is 18.4 Å². The number of imidazole rings is 1. The summed E-state index contributed by atoms with van der Waals surface area (Å²) in [6, 6.07) is 8.14. The fourth-order valence-electron chi connectivity index (χ4n) is 4.59. The SMILES string of the molecule is CCCc1cn(-c2nnnn2C(C)CC)c(=O)n1CC1(c2cccc(-c3nnn[nH]3)c2)C=CN=CC1. The van der Waals surface area contributed by atoms with Crippen LogP contribution in [0.1, 0.15) is 57.3 Å². The molecule has 2 atom stereocenters. The highest BCUT2D eigenvalue weighted by molar-refractivity contribution is 5.65. The minimum atomic E-state index is -0.480. The summed E-state index contributed by atoms with van der Waals surface area (Å²) < 4.78 is 5.13. The maximum absolute atomic E-state index is 13.9. The van der Waals surface area contributed by atoms with Crippen LogP contribution in [0.4, 0.5) is 0 Å². The number of tetrazole rings is 2. The second-order valence-electron chi connectivity index (χ2n) is 9.13. The zero-order valence-corrected chi connectivity index (χ0v) is 20.6. The average Bonchev–Trinajstić information content (AvgIpc) is 3.67. The van der Waals surface area contributed by atoms with Crippen LogP contribution in [0, 0.1) is 0 Å². The van der Waals surface area contributed by atoms with Crippen LogP contribution < -0.4 is 5.69 Å². The van der Waals surface area contributed by atoms with Gasteiger partial charge in [0.05, 0.1) is 6.04 Å². The lowest BCUT2D eigenvalue weighted by atomic mass is 9.76. The van der Waals surface area contributed by atoms with E-state index in [0.717, 1.165) is 36.1 Å². The van der Waals surface area contributed by atoms with Crippen LogP contribution >= 0.6 is 0 Å². The van der Waals surface area contributed by atoms with Crippen molar-refractivity contribution >= 4 is 6.21 Å². The van der Waals surface area contributed by atoms with Crippen molar-refractivity contribution < 1.29 is 0 Å². The minimum absolute atomic E-state index is 0.0667. The Bertz CT molecular complexity index is 1440. The first-order valence-electron chi connectivity index (χ1n) is 12.2. The molecule has 1 aromatic carbocycles. The van der Waals surface area contributed by atoms with E-state index < -0.39 is 5.41 Å². The van der Waals surface area contributed by atoms with Gasteiger partial charge in [-0.05, 0) is 58.7 Å². The number of aliphatic imine (C=N–C) groups is 1. The molecule has 0 aliphatic carbocycles. The van der Waals surface area contributed by atoms with Gasteiger partial charge in [0.25, 0.3) is 5.95 Å². The van der Waals surface area contributed by atoms with Gasteiger partial charge in [0.15, 0.2) is 5.82 Å². The van der Waals surface area contributed by atoms with Crippen molar-refractivity contribution in [2.45, 2.75) is 64.5 Å². The Morgan fingerprint density at radius 2 is 2.08 bits per heavy atom. The predicted octanol–water partition coefficient (Wildman–Crippen LogP) is 2.66. The molecule has 1 N–H and O–H groups in total. The van der Waals surface area contributed by atoms with E-state index >= 15 is 0 Å². The first-order valence-corrected chi connectivity index (χ1v) is 12.2. The second kappa shape index (κ2) is 9.80. The lowest BCUT2D eigenvalue weighted by Gasteiger charge is -2.32. The molecule has 186 valence electrons. The molecule has 12 heteroatoms. The topological polar surface area (TPSA) is 137 Å². The standard InChI is InChI=1S/C24H29N11O/c1-4-7-20-15-33(22-28-31-32-35(22)17(3)5-2)23(36)34(20)16-24(10-12-25-13-11-24)19-9-6-8-18(14-19)21-26-29-30-27-21/h6,8-10,12-15,17H,4-5,7,11,16H2,1-3H3,(H,26,27,29,30). The van der Waals surface area contributed by atoms with Crippen LogP contribution in [0.2, 0.25) is 0 Å². The van der Waals surface area contributed by atoms with E-state index in [1.165, 1.54) is 0 Å². The van der Waals surface area contributed by atoms with E-state index in [-0.39, 0.29) is 11.7 Å². The van der Waals surface area contributed by atoms with E-state index in [9.17, 15) is 4.79 Å². The smallest absolute Gasteiger partial charge is 0.295 e. The van der Waals surface area contributed by atoms with Crippen LogP contribution in [0.3, 0.4) is 0 Å². The van der Waals surface area contributed by atoms with Gasteiger partial charge in [0.2, 0.25) is 0 Å². The molecular weight excluding hydrogens is 458 g/mol. The summed E-state index contributed by atoms with van der Waals surface area (Å²) in [5.41, 5.74) is 2.21. The van der Waals surface area contributed by atoms with Crippen molar-refractivity contribution in [2.75, 3.05) is 0 Å². The van der Waals surface area contributed by atoms with Crippen molar-refractivity contribution in [1.82, 2.24) is 50.0 Å². The van der Waals surface area contributed by atoms with Crippen LogP contribution in [0.15, 0.2) is 52.5 Å². The Hall–Kier alpha value is -4.22. The highest BCUT2D eigenvalue weighted by Crippen LogP contribution is 2.35. The number of hydrogen-bond donors (Lipinski definition) is 1. The molecule has 0 radical (unpaired) electrons. The monoisotopic (exact) mass is 487 g/mol. The number of allylic oxidation sites excluding steroid dienone is 1. The second-order valence-corrected chi connectivity index (χ2v) is 9.13. The largest absolute Gasteiger partial charge is 0.335 e. The average molecular weight is 488 g/mol. The summed E-state index contributed by atoms with van der Waals surface area (Å²) in [6.45, 7) is 6.65. The van der Waals surface area contributed by atoms with E-state index in [1.54, 1.807) is 15.4 Å². The summed E-state index contributed by atoms with van der Waals surface area (Å²) in [5.74, 6) is 1.02. The molecule has 12 nitrogen and oxygen atoms in total. The number of nitrogens with one attached hydrogen (secondary N) is 1. The van der Waals surface area contributed by atoms with Crippen molar-refractivity contribution in [3.8, 4) is 17.3 Å². The quantitative estimate of drug-likeness (QED) is 0.383. The number of H-pyrrole nitrogens is 1. The molecule has 0 spiro atoms. The van der Waals surface area contributed by atoms with Gasteiger partial charge in [-0.1, -0.05) is 49.6 Å². The lowest BCUT2D eigenvalue weighted by Crippen LogP contribution is -2.37. The molecule has 5 rings (SSSR count). The molecule has 1 aliphatic rings. The van der Waals surface area contributed by atoms with Gasteiger partial charge in [0.1, 0.15) is 0 Å². The number of aryl methyl sites for hydroxylation is 1. The Labute approximate surface area is 207 Å². The third-order valence-corrected chi connectivity index (χ3v) is 6.80. The molecule has 1 aliphatic heterocycles. The first kappa shape index (κ1) is 23.5. The molecule has 2 unspecified atom stereocenters. The molecule has 0 saturated heterocycles. The molecule has 0 fully saturated rings. The Morgan fingerprint density at radius 1 is 1.19 bits per heavy atom. The molecule has 36 heavy (non-hydrogen) atoms. The first-order chi connectivity index (χ1) is 17.6. The molecule has 4 aromatic rings. The highest BCUT2D eigenvalue weighted by Gasteiger charge is 2.33. The third kappa shape index (κ3) is 4.18. The van der Waals surface area contributed by atoms with Gasteiger partial charge >= 0.3 is 5.69 Å². The van der Waals surface area contributed by atoms with Gasteiger partial charge in [-0.15, -0.1) is 5.10 Å². The van der Waals surface area contributed by atoms with Crippen molar-refractivity contribution in [1.29, 1.82) is 0 Å². The van der Waals surface area contributed by atoms with Gasteiger partial charge in [0, 0.05) is 41.8 Å². The fourth-order valence-corrected chi connectivity index (χ4v) is 4.59. The Balaban J connectivity index is 1.60. The predicted molar refractivity (Wildman–Crippen MR) is 134 cm³/mol. The molecular formula is C24H29N11O. The Morgan fingerprint density at radius 3 is 2.81 bits per heavy atom. The summed E-state index contributed by atoms with van der Waals surface area (Å²) in [4.78, 5) is 18.2. The number of benzene rings is 1. The fraction of sp³-hybridized carbons (Fsp3) is 0.417. The van der Waals surface area contributed by atoms with E-state index in [2.05, 4.69) is 73.2 Å². The van der Waals surface area contributed by atoms with E-state index in [1.807, 2.05) is 36.0 Å². The van der Waals surface area contributed by atoms with E-state index in [4.69, 9.17) is 0 Å². The zero-order valence-electron chi connectivity index (χ0n) is 20.6. The normalized spacial score (nSPS) is 18.1. The number of aromatic amines is 1. The third-order valence-electron chi connectivity index (χ3n) is 6.80. The molecule has 0 amide bonds. The van der Waals surface area contributed by atoms with Crippen LogP contribution in [0.5, 0.6) is 0 Å².